The molecule has 0 saturated carbocycles. The van der Waals surface area contributed by atoms with Crippen molar-refractivity contribution in [2.45, 2.75) is 0 Å². The van der Waals surface area contributed by atoms with Gasteiger partial charge < -0.3 is 11.0 Å². The van der Waals surface area contributed by atoms with Crippen molar-refractivity contribution >= 4 is 24.7 Å². The van der Waals surface area contributed by atoms with Crippen LogP contribution in [0.3, 0.4) is 0 Å². The number of rotatable bonds is 0. The van der Waals surface area contributed by atoms with Gasteiger partial charge in [0.25, 0.3) is 0 Å². The van der Waals surface area contributed by atoms with E-state index in [1.54, 1.807) is 0 Å². The molecular formula is H5AlNa3O5Si+3. The van der Waals surface area contributed by atoms with Crippen LogP contribution in [0.25, 0.3) is 0 Å². The Balaban J connectivity index is -0.00000000597. The average molecular weight is 209 g/mol. The van der Waals surface area contributed by atoms with Crippen molar-refractivity contribution in [1.82, 2.24) is 0 Å². The molecule has 0 atom stereocenters. The van der Waals surface area contributed by atoms with Gasteiger partial charge in [-0.15, -0.1) is 0 Å². The van der Waals surface area contributed by atoms with E-state index in [-0.39, 0.29) is 91.5 Å². The molecule has 0 heterocycles. The molecule has 0 aliphatic rings. The molecule has 42 valence electrons. The topological polar surface area (TPSA) is 94.8 Å². The molecule has 0 radical (unpaired) electrons. The molecule has 0 amide bonds. The van der Waals surface area contributed by atoms with Crippen LogP contribution in [0.2, 0.25) is 0 Å². The van der Waals surface area contributed by atoms with Gasteiger partial charge in [-0.25, -0.2) is 0 Å². The first-order valence-electron chi connectivity index (χ1n) is 1.15. The summed E-state index contributed by atoms with van der Waals surface area (Å²) in [6.45, 7) is 0. The van der Waals surface area contributed by atoms with E-state index in [0.717, 1.165) is 0 Å². The molecule has 0 bridgehead atoms. The fraction of sp³-hybridized carbons (Fsp3) is 0. The van der Waals surface area contributed by atoms with E-state index in [1.807, 2.05) is 0 Å². The van der Waals surface area contributed by atoms with Gasteiger partial charge in [-0.2, -0.15) is 0 Å². The number of hydrogen-bond donors (Lipinski definition) is 3. The quantitative estimate of drug-likeness (QED) is 0.344. The molecule has 0 spiro atoms. The second-order valence-corrected chi connectivity index (χ2v) is 1.16. The summed E-state index contributed by atoms with van der Waals surface area (Å²) in [5, 5.41) is 0. The molecule has 0 fully saturated rings. The fourth-order valence-corrected chi connectivity index (χ4v) is 0. The molecule has 0 unspecified atom stereocenters. The van der Waals surface area contributed by atoms with Crippen LogP contribution in [-0.2, 0) is 8.27 Å². The van der Waals surface area contributed by atoms with E-state index in [1.165, 1.54) is 0 Å². The first-order chi connectivity index (χ1) is 3.15. The molecule has 0 aromatic carbocycles. The van der Waals surface area contributed by atoms with Crippen LogP contribution < -0.4 is 88.7 Å². The van der Waals surface area contributed by atoms with E-state index in [9.17, 15) is 0 Å². The van der Waals surface area contributed by atoms with Gasteiger partial charge in [0, 0.05) is 0 Å². The van der Waals surface area contributed by atoms with Gasteiger partial charge in [-0.05, 0) is 0 Å². The molecule has 0 rings (SSSR count). The predicted molar refractivity (Wildman–Crippen MR) is 21.8 cm³/mol. The van der Waals surface area contributed by atoms with Crippen molar-refractivity contribution in [3.63, 3.8) is 0 Å². The molecule has 0 saturated heterocycles. The molecule has 0 aliphatic carbocycles. The van der Waals surface area contributed by atoms with Crippen LogP contribution >= 0.6 is 0 Å². The summed E-state index contributed by atoms with van der Waals surface area (Å²) in [5.41, 5.74) is 0. The zero-order valence-electron chi connectivity index (χ0n) is 8.24. The van der Waals surface area contributed by atoms with E-state index < -0.39 is 24.7 Å². The van der Waals surface area contributed by atoms with Gasteiger partial charge in [0.1, 0.15) is 0 Å². The van der Waals surface area contributed by atoms with Crippen molar-refractivity contribution in [2.75, 3.05) is 0 Å². The average Bonchev–Trinajstić information content (AvgIpc) is 1.33. The second kappa shape index (κ2) is 29.8. The summed E-state index contributed by atoms with van der Waals surface area (Å²) < 4.78 is 24.4. The van der Waals surface area contributed by atoms with Crippen molar-refractivity contribution in [2.24, 2.45) is 0 Å². The van der Waals surface area contributed by atoms with Gasteiger partial charge in [0.15, 0.2) is 0 Å². The van der Waals surface area contributed by atoms with Gasteiger partial charge in [-0.1, -0.05) is 0 Å². The SMILES string of the molecule is O=[Si](O)O.[H+].[H-].[Na+].[Na+].[Na+].[O]=[Al][OH]. The molecule has 0 aliphatic heterocycles. The second-order valence-electron chi connectivity index (χ2n) is 0.388. The molecule has 10 heteroatoms. The zero-order chi connectivity index (χ0) is 6.28. The standard InChI is InChI=1S/Al.3Na.H2O3Si.H2O.O.H/c;;;;1-4(2)3;;;/h;;;;1-2H;1H2;;/q4*+1;;;;-1. The van der Waals surface area contributed by atoms with Crippen LogP contribution in [0, 0.1) is 0 Å². The summed E-state index contributed by atoms with van der Waals surface area (Å²) in [6.07, 6.45) is 0. The third-order valence-corrected chi connectivity index (χ3v) is 0. The molecular weight excluding hydrogens is 204 g/mol. The van der Waals surface area contributed by atoms with Gasteiger partial charge >= 0.3 is 123 Å². The van der Waals surface area contributed by atoms with Crippen molar-refractivity contribution < 1.29 is 114 Å². The van der Waals surface area contributed by atoms with Crippen molar-refractivity contribution in [3.8, 4) is 0 Å². The minimum absolute atomic E-state index is 0. The Morgan fingerprint density at radius 1 is 1.30 bits per heavy atom. The summed E-state index contributed by atoms with van der Waals surface area (Å²) in [7, 11) is -3.13. The van der Waals surface area contributed by atoms with Gasteiger partial charge in [0.05, 0.1) is 0 Å². The summed E-state index contributed by atoms with van der Waals surface area (Å²) in [6, 6.07) is 0. The Hall–Kier alpha value is 2.75. The summed E-state index contributed by atoms with van der Waals surface area (Å²) in [4.78, 5) is 14.3. The Kier molecular flexibility index (Phi) is 87.3. The minimum atomic E-state index is -3.13. The van der Waals surface area contributed by atoms with E-state index in [2.05, 4.69) is 0 Å². The van der Waals surface area contributed by atoms with Crippen LogP contribution in [0.1, 0.15) is 2.85 Å². The van der Waals surface area contributed by atoms with Crippen molar-refractivity contribution in [1.29, 1.82) is 0 Å². The van der Waals surface area contributed by atoms with E-state index in [0.29, 0.717) is 0 Å². The monoisotopic (exact) mass is 209 g/mol. The zero-order valence-corrected chi connectivity index (χ0v) is 14.4. The van der Waals surface area contributed by atoms with Gasteiger partial charge in [-0.3, -0.25) is 4.46 Å². The van der Waals surface area contributed by atoms with E-state index >= 15 is 0 Å². The molecule has 10 heavy (non-hydrogen) atoms. The van der Waals surface area contributed by atoms with Crippen LogP contribution in [0.15, 0.2) is 0 Å². The molecule has 0 aromatic heterocycles. The molecule has 3 N–H and O–H groups in total. The van der Waals surface area contributed by atoms with Gasteiger partial charge in [0.2, 0.25) is 0 Å². The third kappa shape index (κ3) is 135. The normalized spacial score (nSPS) is 3.20. The third-order valence-electron chi connectivity index (χ3n) is 0. The maximum absolute atomic E-state index is 8.74. The Morgan fingerprint density at radius 2 is 1.30 bits per heavy atom. The maximum atomic E-state index is 8.74. The number of hydrogen-bond acceptors (Lipinski definition) is 2. The van der Waals surface area contributed by atoms with Crippen molar-refractivity contribution in [3.05, 3.63) is 0 Å². The van der Waals surface area contributed by atoms with Crippen LogP contribution in [-0.4, -0.2) is 38.4 Å². The van der Waals surface area contributed by atoms with Crippen LogP contribution in [0.4, 0.5) is 0 Å². The van der Waals surface area contributed by atoms with Crippen LogP contribution in [0.5, 0.6) is 0 Å². The fourth-order valence-electron chi connectivity index (χ4n) is 0. The first-order valence-corrected chi connectivity index (χ1v) is 3.44. The van der Waals surface area contributed by atoms with E-state index in [4.69, 9.17) is 22.0 Å². The molecule has 0 aromatic rings. The Labute approximate surface area is 136 Å². The summed E-state index contributed by atoms with van der Waals surface area (Å²) in [5.74, 6) is 0. The molecule has 5 nitrogen and oxygen atoms in total. The Morgan fingerprint density at radius 3 is 1.30 bits per heavy atom. The first kappa shape index (κ1) is 29.3. The predicted octanol–water partition coefficient (Wildman–Crippen LogP) is -11.4. The summed E-state index contributed by atoms with van der Waals surface area (Å²) >= 11 is -1.50. The Bertz CT molecular complexity index is 71.7.